The number of rotatable bonds is 4. The third-order valence-electron chi connectivity index (χ3n) is 2.63. The Balaban J connectivity index is 2.16. The van der Waals surface area contributed by atoms with Crippen molar-refractivity contribution in [1.29, 1.82) is 0 Å². The van der Waals surface area contributed by atoms with Crippen molar-refractivity contribution < 1.29 is 17.9 Å². The van der Waals surface area contributed by atoms with E-state index in [9.17, 15) is 13.2 Å². The Labute approximate surface area is 108 Å². The first-order valence-corrected chi connectivity index (χ1v) is 5.65. The van der Waals surface area contributed by atoms with Crippen LogP contribution in [-0.2, 0) is 13.2 Å². The van der Waals surface area contributed by atoms with Crippen molar-refractivity contribution in [2.75, 3.05) is 0 Å². The van der Waals surface area contributed by atoms with Gasteiger partial charge in [-0.15, -0.1) is 0 Å². The van der Waals surface area contributed by atoms with Gasteiger partial charge in [0.05, 0.1) is 0 Å². The van der Waals surface area contributed by atoms with Crippen LogP contribution in [0, 0.1) is 17.5 Å². The van der Waals surface area contributed by atoms with Gasteiger partial charge in [-0.25, -0.2) is 13.2 Å². The van der Waals surface area contributed by atoms with Crippen LogP contribution in [0.2, 0.25) is 0 Å². The molecule has 19 heavy (non-hydrogen) atoms. The Morgan fingerprint density at radius 3 is 2.21 bits per heavy atom. The van der Waals surface area contributed by atoms with Gasteiger partial charge in [-0.3, -0.25) is 0 Å². The molecule has 0 aliphatic carbocycles. The normalized spacial score (nSPS) is 10.5. The first-order valence-electron chi connectivity index (χ1n) is 5.65. The molecule has 0 saturated heterocycles. The molecule has 2 aromatic carbocycles. The first-order chi connectivity index (χ1) is 9.10. The van der Waals surface area contributed by atoms with Crippen LogP contribution in [-0.4, -0.2) is 0 Å². The number of halogens is 3. The fourth-order valence-electron chi connectivity index (χ4n) is 1.66. The fourth-order valence-corrected chi connectivity index (χ4v) is 1.66. The van der Waals surface area contributed by atoms with Gasteiger partial charge in [-0.05, 0) is 36.4 Å². The van der Waals surface area contributed by atoms with Crippen molar-refractivity contribution in [1.82, 2.24) is 0 Å². The first kappa shape index (κ1) is 13.4. The van der Waals surface area contributed by atoms with Crippen LogP contribution in [0.15, 0.2) is 36.4 Å². The summed E-state index contributed by atoms with van der Waals surface area (Å²) >= 11 is 0. The van der Waals surface area contributed by atoms with Gasteiger partial charge in [0.1, 0.15) is 29.8 Å². The molecule has 2 aromatic rings. The molecule has 0 aromatic heterocycles. The molecular weight excluding hydrogens is 255 g/mol. The van der Waals surface area contributed by atoms with Crippen LogP contribution < -0.4 is 10.5 Å². The van der Waals surface area contributed by atoms with Crippen LogP contribution in [0.4, 0.5) is 13.2 Å². The number of hydrogen-bond acceptors (Lipinski definition) is 2. The Bertz CT molecular complexity index is 587. The summed E-state index contributed by atoms with van der Waals surface area (Å²) in [5, 5.41) is 0. The molecule has 2 rings (SSSR count). The quantitative estimate of drug-likeness (QED) is 0.923. The lowest BCUT2D eigenvalue weighted by molar-refractivity contribution is 0.295. The SMILES string of the molecule is NCc1cc(F)ccc1OCc1cc(F)ccc1F. The maximum atomic E-state index is 13.4. The van der Waals surface area contributed by atoms with E-state index in [-0.39, 0.29) is 18.7 Å². The van der Waals surface area contributed by atoms with Crippen molar-refractivity contribution in [2.45, 2.75) is 13.2 Å². The average molecular weight is 267 g/mol. The van der Waals surface area contributed by atoms with Gasteiger partial charge < -0.3 is 10.5 Å². The summed E-state index contributed by atoms with van der Waals surface area (Å²) in [6.45, 7) is -0.0546. The Morgan fingerprint density at radius 1 is 0.895 bits per heavy atom. The Hall–Kier alpha value is -2.01. The van der Waals surface area contributed by atoms with E-state index < -0.39 is 17.5 Å². The maximum Gasteiger partial charge on any atom is 0.130 e. The second-order valence-electron chi connectivity index (χ2n) is 3.98. The molecule has 0 spiro atoms. The second-order valence-corrected chi connectivity index (χ2v) is 3.98. The van der Waals surface area contributed by atoms with Crippen molar-refractivity contribution in [2.24, 2.45) is 5.73 Å². The Kier molecular flexibility index (Phi) is 4.06. The molecule has 0 fully saturated rings. The summed E-state index contributed by atoms with van der Waals surface area (Å²) in [6, 6.07) is 6.99. The number of benzene rings is 2. The third-order valence-corrected chi connectivity index (χ3v) is 2.63. The van der Waals surface area contributed by atoms with Gasteiger partial charge in [-0.2, -0.15) is 0 Å². The van der Waals surface area contributed by atoms with Gasteiger partial charge in [-0.1, -0.05) is 0 Å². The molecular formula is C14H12F3NO. The van der Waals surface area contributed by atoms with Gasteiger partial charge >= 0.3 is 0 Å². The molecule has 0 saturated carbocycles. The van der Waals surface area contributed by atoms with Crippen LogP contribution >= 0.6 is 0 Å². The second kappa shape index (κ2) is 5.75. The highest BCUT2D eigenvalue weighted by molar-refractivity contribution is 5.34. The van der Waals surface area contributed by atoms with Gasteiger partial charge in [0, 0.05) is 17.7 Å². The minimum Gasteiger partial charge on any atom is -0.488 e. The van der Waals surface area contributed by atoms with Crippen molar-refractivity contribution in [3.8, 4) is 5.75 Å². The van der Waals surface area contributed by atoms with E-state index >= 15 is 0 Å². The lowest BCUT2D eigenvalue weighted by Gasteiger charge is -2.11. The van der Waals surface area contributed by atoms with E-state index in [2.05, 4.69) is 0 Å². The van der Waals surface area contributed by atoms with Gasteiger partial charge in [0.25, 0.3) is 0 Å². The molecule has 0 amide bonds. The summed E-state index contributed by atoms with van der Waals surface area (Å²) in [5.41, 5.74) is 6.02. The lowest BCUT2D eigenvalue weighted by Crippen LogP contribution is -2.04. The Morgan fingerprint density at radius 2 is 1.53 bits per heavy atom. The minimum absolute atomic E-state index is 0.0901. The molecule has 5 heteroatoms. The zero-order valence-electron chi connectivity index (χ0n) is 10.00. The average Bonchev–Trinajstić information content (AvgIpc) is 2.40. The fraction of sp³-hybridized carbons (Fsp3) is 0.143. The van der Waals surface area contributed by atoms with Crippen LogP contribution in [0.25, 0.3) is 0 Å². The third kappa shape index (κ3) is 3.26. The van der Waals surface area contributed by atoms with Crippen molar-refractivity contribution >= 4 is 0 Å². The van der Waals surface area contributed by atoms with Crippen LogP contribution in [0.3, 0.4) is 0 Å². The van der Waals surface area contributed by atoms with E-state index in [4.69, 9.17) is 10.5 Å². The lowest BCUT2D eigenvalue weighted by atomic mass is 10.2. The summed E-state index contributed by atoms with van der Waals surface area (Å²) in [6.07, 6.45) is 0. The van der Waals surface area contributed by atoms with Crippen LogP contribution in [0.1, 0.15) is 11.1 Å². The number of nitrogens with two attached hydrogens (primary N) is 1. The summed E-state index contributed by atoms with van der Waals surface area (Å²) < 4.78 is 44.7. The summed E-state index contributed by atoms with van der Waals surface area (Å²) in [5.74, 6) is -1.17. The van der Waals surface area contributed by atoms with Crippen molar-refractivity contribution in [3.63, 3.8) is 0 Å². The minimum atomic E-state index is -0.558. The predicted octanol–water partition coefficient (Wildman–Crippen LogP) is 3.14. The van der Waals surface area contributed by atoms with E-state index in [0.29, 0.717) is 11.3 Å². The van der Waals surface area contributed by atoms with Gasteiger partial charge in [0.2, 0.25) is 0 Å². The summed E-state index contributed by atoms with van der Waals surface area (Å²) in [4.78, 5) is 0. The van der Waals surface area contributed by atoms with Crippen molar-refractivity contribution in [3.05, 3.63) is 65.0 Å². The molecule has 0 atom stereocenters. The monoisotopic (exact) mass is 267 g/mol. The maximum absolute atomic E-state index is 13.4. The van der Waals surface area contributed by atoms with E-state index in [1.165, 1.54) is 18.2 Å². The molecule has 100 valence electrons. The highest BCUT2D eigenvalue weighted by Gasteiger charge is 2.08. The zero-order chi connectivity index (χ0) is 13.8. The van der Waals surface area contributed by atoms with E-state index in [1.807, 2.05) is 0 Å². The molecule has 0 unspecified atom stereocenters. The predicted molar refractivity (Wildman–Crippen MR) is 65.0 cm³/mol. The number of hydrogen-bond donors (Lipinski definition) is 1. The largest absolute Gasteiger partial charge is 0.488 e. The summed E-state index contributed by atoms with van der Waals surface area (Å²) in [7, 11) is 0. The van der Waals surface area contributed by atoms with E-state index in [0.717, 1.165) is 18.2 Å². The van der Waals surface area contributed by atoms with Crippen LogP contribution in [0.5, 0.6) is 5.75 Å². The molecule has 2 nitrogen and oxygen atoms in total. The molecule has 0 aliphatic rings. The zero-order valence-corrected chi connectivity index (χ0v) is 10.00. The van der Waals surface area contributed by atoms with Gasteiger partial charge in [0.15, 0.2) is 0 Å². The molecule has 0 radical (unpaired) electrons. The highest BCUT2D eigenvalue weighted by atomic mass is 19.1. The van der Waals surface area contributed by atoms with E-state index in [1.54, 1.807) is 0 Å². The number of ether oxygens (including phenoxy) is 1. The highest BCUT2D eigenvalue weighted by Crippen LogP contribution is 2.21. The standard InChI is InChI=1S/C14H12F3NO/c15-11-1-3-13(17)10(6-11)8-19-14-4-2-12(16)5-9(14)7-18/h1-6H,7-8,18H2. The topological polar surface area (TPSA) is 35.2 Å². The molecule has 0 heterocycles. The smallest absolute Gasteiger partial charge is 0.130 e. The molecule has 2 N–H and O–H groups in total. The molecule has 0 bridgehead atoms. The molecule has 0 aliphatic heterocycles.